The number of pyridine rings is 1. The molecule has 0 saturated carbocycles. The van der Waals surface area contributed by atoms with Crippen molar-refractivity contribution in [2.24, 2.45) is 0 Å². The van der Waals surface area contributed by atoms with Gasteiger partial charge in [0.25, 0.3) is 0 Å². The Labute approximate surface area is 83.8 Å². The van der Waals surface area contributed by atoms with Crippen LogP contribution in [0.2, 0.25) is 5.02 Å². The van der Waals surface area contributed by atoms with Gasteiger partial charge in [0.15, 0.2) is 5.69 Å². The Kier molecular flexibility index (Phi) is 2.71. The van der Waals surface area contributed by atoms with Gasteiger partial charge in [-0.05, 0) is 6.07 Å². The largest absolute Gasteiger partial charge is 0.476 e. The molecule has 0 bridgehead atoms. The van der Waals surface area contributed by atoms with Crippen LogP contribution in [0.1, 0.15) is 16.2 Å². The highest BCUT2D eigenvalue weighted by Gasteiger charge is 2.16. The molecule has 74 valence electrons. The maximum atomic E-state index is 12.6. The van der Waals surface area contributed by atoms with E-state index in [-0.39, 0.29) is 16.4 Å². The van der Waals surface area contributed by atoms with E-state index in [9.17, 15) is 9.18 Å². The SMILES string of the molecule is C=C(F)c1cc(N)c(Cl)c(C(=O)O)n1. The van der Waals surface area contributed by atoms with E-state index in [4.69, 9.17) is 22.4 Å². The van der Waals surface area contributed by atoms with E-state index in [2.05, 4.69) is 11.6 Å². The minimum atomic E-state index is -1.37. The Morgan fingerprint density at radius 1 is 1.71 bits per heavy atom. The average Bonchev–Trinajstić information content (AvgIpc) is 2.08. The second kappa shape index (κ2) is 3.63. The molecule has 4 nitrogen and oxygen atoms in total. The first-order chi connectivity index (χ1) is 6.43. The van der Waals surface area contributed by atoms with Crippen molar-refractivity contribution in [3.8, 4) is 0 Å². The van der Waals surface area contributed by atoms with Crippen molar-refractivity contribution in [1.29, 1.82) is 0 Å². The summed E-state index contributed by atoms with van der Waals surface area (Å²) < 4.78 is 12.6. The summed E-state index contributed by atoms with van der Waals surface area (Å²) in [5.74, 6) is -2.24. The van der Waals surface area contributed by atoms with E-state index in [1.54, 1.807) is 0 Å². The number of nitrogens with zero attached hydrogens (tertiary/aromatic N) is 1. The van der Waals surface area contributed by atoms with Gasteiger partial charge < -0.3 is 10.8 Å². The first-order valence-corrected chi connectivity index (χ1v) is 3.85. The van der Waals surface area contributed by atoms with E-state index in [1.807, 2.05) is 0 Å². The molecule has 0 aliphatic heterocycles. The fourth-order valence-corrected chi connectivity index (χ4v) is 1.01. The van der Waals surface area contributed by atoms with E-state index in [1.165, 1.54) is 0 Å². The minimum absolute atomic E-state index is 0.0483. The lowest BCUT2D eigenvalue weighted by molar-refractivity contribution is 0.0690. The van der Waals surface area contributed by atoms with Gasteiger partial charge in [-0.15, -0.1) is 0 Å². The lowest BCUT2D eigenvalue weighted by atomic mass is 10.2. The third-order valence-electron chi connectivity index (χ3n) is 1.47. The summed E-state index contributed by atoms with van der Waals surface area (Å²) in [6.07, 6.45) is 0. The molecule has 0 unspecified atom stereocenters. The number of anilines is 1. The van der Waals surface area contributed by atoms with Crippen LogP contribution in [0.5, 0.6) is 0 Å². The Hall–Kier alpha value is -1.62. The van der Waals surface area contributed by atoms with Crippen LogP contribution in [-0.4, -0.2) is 16.1 Å². The molecule has 0 aliphatic rings. The Bertz CT molecular complexity index is 420. The zero-order valence-corrected chi connectivity index (χ0v) is 7.68. The summed E-state index contributed by atoms with van der Waals surface area (Å²) in [5.41, 5.74) is 4.59. The van der Waals surface area contributed by atoms with Crippen molar-refractivity contribution in [3.05, 3.63) is 29.1 Å². The van der Waals surface area contributed by atoms with Crippen LogP contribution in [0, 0.1) is 0 Å². The number of nitrogen functional groups attached to an aromatic ring is 1. The Balaban J connectivity index is 3.43. The molecule has 0 saturated heterocycles. The molecule has 0 amide bonds. The summed E-state index contributed by atoms with van der Waals surface area (Å²) in [7, 11) is 0. The molecule has 0 radical (unpaired) electrons. The quantitative estimate of drug-likeness (QED) is 0.792. The average molecular weight is 217 g/mol. The maximum absolute atomic E-state index is 12.6. The first kappa shape index (κ1) is 10.5. The number of hydrogen-bond acceptors (Lipinski definition) is 3. The van der Waals surface area contributed by atoms with Gasteiger partial charge in [0, 0.05) is 0 Å². The van der Waals surface area contributed by atoms with Crippen LogP contribution < -0.4 is 5.73 Å². The Morgan fingerprint density at radius 3 is 2.71 bits per heavy atom. The van der Waals surface area contributed by atoms with Crippen molar-refractivity contribution in [2.75, 3.05) is 5.73 Å². The second-order valence-electron chi connectivity index (χ2n) is 2.47. The molecule has 1 heterocycles. The van der Waals surface area contributed by atoms with Gasteiger partial charge in [-0.2, -0.15) is 0 Å². The zero-order valence-electron chi connectivity index (χ0n) is 6.92. The number of nitrogens with two attached hydrogens (primary N) is 1. The van der Waals surface area contributed by atoms with Crippen LogP contribution in [0.25, 0.3) is 5.83 Å². The molecule has 1 aromatic rings. The molecular formula is C8H6ClFN2O2. The molecule has 0 aliphatic carbocycles. The summed E-state index contributed by atoms with van der Waals surface area (Å²) in [4.78, 5) is 14.0. The van der Waals surface area contributed by atoms with E-state index in [0.29, 0.717) is 0 Å². The van der Waals surface area contributed by atoms with Gasteiger partial charge in [-0.1, -0.05) is 18.2 Å². The van der Waals surface area contributed by atoms with Crippen LogP contribution >= 0.6 is 11.6 Å². The maximum Gasteiger partial charge on any atom is 0.356 e. The van der Waals surface area contributed by atoms with Crippen LogP contribution in [0.4, 0.5) is 10.1 Å². The molecule has 3 N–H and O–H groups in total. The van der Waals surface area contributed by atoms with Gasteiger partial charge in [0.2, 0.25) is 0 Å². The zero-order chi connectivity index (χ0) is 10.9. The predicted octanol–water partition coefficient (Wildman–Crippen LogP) is 1.96. The number of carboxylic acids is 1. The number of hydrogen-bond donors (Lipinski definition) is 2. The smallest absolute Gasteiger partial charge is 0.356 e. The summed E-state index contributed by atoms with van der Waals surface area (Å²) in [5, 5.41) is 8.44. The predicted molar refractivity (Wildman–Crippen MR) is 50.8 cm³/mol. The van der Waals surface area contributed by atoms with Crippen molar-refractivity contribution >= 4 is 29.1 Å². The van der Waals surface area contributed by atoms with Gasteiger partial charge in [0.1, 0.15) is 11.5 Å². The number of rotatable bonds is 2. The van der Waals surface area contributed by atoms with Gasteiger partial charge >= 0.3 is 5.97 Å². The number of aromatic nitrogens is 1. The molecule has 14 heavy (non-hydrogen) atoms. The highest BCUT2D eigenvalue weighted by Crippen LogP contribution is 2.25. The lowest BCUT2D eigenvalue weighted by Gasteiger charge is -2.04. The topological polar surface area (TPSA) is 76.2 Å². The standard InChI is InChI=1S/C8H6ClFN2O2/c1-3(10)5-2-4(11)6(9)7(12-5)8(13)14/h2H,1H2,(H2,11,12)(H,13,14). The molecule has 1 aromatic heterocycles. The van der Waals surface area contributed by atoms with Crippen molar-refractivity contribution in [2.45, 2.75) is 0 Å². The number of carbonyl (C=O) groups is 1. The minimum Gasteiger partial charge on any atom is -0.476 e. The van der Waals surface area contributed by atoms with Crippen LogP contribution in [0.3, 0.4) is 0 Å². The summed E-state index contributed by atoms with van der Waals surface area (Å²) >= 11 is 5.54. The summed E-state index contributed by atoms with van der Waals surface area (Å²) in [6.45, 7) is 2.98. The number of aromatic carboxylic acids is 1. The molecule has 1 rings (SSSR count). The number of halogens is 2. The number of carboxylic acid groups (broad SMARTS) is 1. The fourth-order valence-electron chi connectivity index (χ4n) is 0.830. The van der Waals surface area contributed by atoms with Crippen LogP contribution in [-0.2, 0) is 0 Å². The van der Waals surface area contributed by atoms with E-state index < -0.39 is 17.5 Å². The molecule has 0 aromatic carbocycles. The van der Waals surface area contributed by atoms with Crippen molar-refractivity contribution in [3.63, 3.8) is 0 Å². The third-order valence-corrected chi connectivity index (χ3v) is 1.86. The fraction of sp³-hybridized carbons (Fsp3) is 0. The lowest BCUT2D eigenvalue weighted by Crippen LogP contribution is -2.05. The monoisotopic (exact) mass is 216 g/mol. The molecule has 0 atom stereocenters. The molecule has 0 fully saturated rings. The molecule has 6 heteroatoms. The van der Waals surface area contributed by atoms with Gasteiger partial charge in [-0.25, -0.2) is 14.2 Å². The Morgan fingerprint density at radius 2 is 2.29 bits per heavy atom. The molecule has 0 spiro atoms. The van der Waals surface area contributed by atoms with Crippen molar-refractivity contribution < 1.29 is 14.3 Å². The third kappa shape index (κ3) is 1.82. The van der Waals surface area contributed by atoms with E-state index in [0.717, 1.165) is 6.07 Å². The van der Waals surface area contributed by atoms with Crippen molar-refractivity contribution in [1.82, 2.24) is 4.98 Å². The van der Waals surface area contributed by atoms with Crippen LogP contribution in [0.15, 0.2) is 12.6 Å². The van der Waals surface area contributed by atoms with E-state index >= 15 is 0 Å². The highest BCUT2D eigenvalue weighted by atomic mass is 35.5. The van der Waals surface area contributed by atoms with Gasteiger partial charge in [0.05, 0.1) is 10.7 Å². The van der Waals surface area contributed by atoms with Gasteiger partial charge in [-0.3, -0.25) is 0 Å². The first-order valence-electron chi connectivity index (χ1n) is 3.47. The second-order valence-corrected chi connectivity index (χ2v) is 2.85. The highest BCUT2D eigenvalue weighted by molar-refractivity contribution is 6.35. The molecular weight excluding hydrogens is 211 g/mol. The summed E-state index contributed by atoms with van der Waals surface area (Å²) in [6, 6.07) is 1.12. The normalized spacial score (nSPS) is 9.86.